The van der Waals surface area contributed by atoms with E-state index in [9.17, 15) is 4.21 Å². The summed E-state index contributed by atoms with van der Waals surface area (Å²) >= 11 is 0. The third kappa shape index (κ3) is 4.01. The minimum Gasteiger partial charge on any atom is -0.496 e. The molecule has 0 aliphatic carbocycles. The number of aromatic amines is 1. The lowest BCUT2D eigenvalue weighted by molar-refractivity contribution is 0.266. The van der Waals surface area contributed by atoms with Gasteiger partial charge in [0.1, 0.15) is 12.4 Å². The van der Waals surface area contributed by atoms with Gasteiger partial charge in [-0.25, -0.2) is 4.98 Å². The van der Waals surface area contributed by atoms with Gasteiger partial charge in [0.2, 0.25) is 0 Å². The molecule has 1 atom stereocenters. The maximum atomic E-state index is 12.8. The SMILES string of the molecule is COc1cc(CS(=O)C(C)(C)COc2nc3ncccc3[nH]2)ncc1C. The molecule has 7 nitrogen and oxygen atoms in total. The molecule has 3 aromatic rings. The molecule has 1 unspecified atom stereocenters. The fraction of sp³-hybridized carbons (Fsp3) is 0.389. The Morgan fingerprint density at radius 1 is 1.31 bits per heavy atom. The Morgan fingerprint density at radius 3 is 2.85 bits per heavy atom. The number of hydrogen-bond acceptors (Lipinski definition) is 6. The van der Waals surface area contributed by atoms with E-state index < -0.39 is 15.5 Å². The second-order valence-corrected chi connectivity index (χ2v) is 8.68. The number of hydrogen-bond donors (Lipinski definition) is 1. The molecule has 0 aliphatic rings. The number of ether oxygens (including phenoxy) is 2. The van der Waals surface area contributed by atoms with E-state index in [0.29, 0.717) is 17.4 Å². The number of nitrogens with one attached hydrogen (secondary N) is 1. The van der Waals surface area contributed by atoms with Gasteiger partial charge >= 0.3 is 0 Å². The third-order valence-corrected chi connectivity index (χ3v) is 5.93. The lowest BCUT2D eigenvalue weighted by atomic mass is 10.2. The van der Waals surface area contributed by atoms with E-state index in [4.69, 9.17) is 9.47 Å². The smallest absolute Gasteiger partial charge is 0.296 e. The highest BCUT2D eigenvalue weighted by Crippen LogP contribution is 2.22. The second-order valence-electron chi connectivity index (χ2n) is 6.60. The van der Waals surface area contributed by atoms with Gasteiger partial charge < -0.3 is 14.5 Å². The quantitative estimate of drug-likeness (QED) is 0.684. The summed E-state index contributed by atoms with van der Waals surface area (Å²) in [5.41, 5.74) is 3.07. The standard InChI is InChI=1S/C18H22N4O3S/c1-12-9-20-13(8-15(12)24-4)10-26(23)18(2,3)11-25-17-21-14-6-5-7-19-16(14)22-17/h5-9H,10-11H2,1-4H3,(H,19,21,22). The molecule has 3 aromatic heterocycles. The highest BCUT2D eigenvalue weighted by atomic mass is 32.2. The first-order valence-electron chi connectivity index (χ1n) is 8.20. The minimum atomic E-state index is -1.19. The van der Waals surface area contributed by atoms with E-state index in [-0.39, 0.29) is 6.61 Å². The lowest BCUT2D eigenvalue weighted by Gasteiger charge is -2.23. The summed E-state index contributed by atoms with van der Waals surface area (Å²) < 4.78 is 23.3. The van der Waals surface area contributed by atoms with Crippen molar-refractivity contribution in [3.8, 4) is 11.8 Å². The average molecular weight is 374 g/mol. The summed E-state index contributed by atoms with van der Waals surface area (Å²) in [6.45, 7) is 5.97. The first-order valence-corrected chi connectivity index (χ1v) is 9.52. The van der Waals surface area contributed by atoms with Gasteiger partial charge in [-0.15, -0.1) is 0 Å². The molecule has 0 bridgehead atoms. The molecule has 0 radical (unpaired) electrons. The molecule has 26 heavy (non-hydrogen) atoms. The molecule has 138 valence electrons. The van der Waals surface area contributed by atoms with Crippen LogP contribution in [0.3, 0.4) is 0 Å². The Balaban J connectivity index is 1.65. The van der Waals surface area contributed by atoms with E-state index in [1.54, 1.807) is 19.5 Å². The van der Waals surface area contributed by atoms with Crippen molar-refractivity contribution in [2.45, 2.75) is 31.3 Å². The van der Waals surface area contributed by atoms with Crippen LogP contribution in [0.15, 0.2) is 30.6 Å². The third-order valence-electron chi connectivity index (χ3n) is 4.02. The van der Waals surface area contributed by atoms with Crippen LogP contribution in [0, 0.1) is 6.92 Å². The summed E-state index contributed by atoms with van der Waals surface area (Å²) in [6.07, 6.45) is 3.41. The van der Waals surface area contributed by atoms with Crippen molar-refractivity contribution < 1.29 is 13.7 Å². The fourth-order valence-electron chi connectivity index (χ4n) is 2.37. The van der Waals surface area contributed by atoms with Gasteiger partial charge in [-0.1, -0.05) is 0 Å². The van der Waals surface area contributed by atoms with Crippen LogP contribution in [-0.4, -0.2) is 42.6 Å². The van der Waals surface area contributed by atoms with Gasteiger partial charge in [-0.3, -0.25) is 9.19 Å². The average Bonchev–Trinajstić information content (AvgIpc) is 3.04. The van der Waals surface area contributed by atoms with Gasteiger partial charge in [-0.2, -0.15) is 4.98 Å². The summed E-state index contributed by atoms with van der Waals surface area (Å²) in [5, 5.41) is 0. The molecule has 3 heterocycles. The Hall–Kier alpha value is -2.48. The van der Waals surface area contributed by atoms with Gasteiger partial charge in [-0.05, 0) is 32.9 Å². The van der Waals surface area contributed by atoms with Gasteiger partial charge in [0.25, 0.3) is 6.01 Å². The summed E-state index contributed by atoms with van der Waals surface area (Å²) in [7, 11) is 0.424. The van der Waals surface area contributed by atoms with E-state index in [2.05, 4.69) is 19.9 Å². The minimum absolute atomic E-state index is 0.252. The molecule has 3 rings (SSSR count). The van der Waals surface area contributed by atoms with Crippen molar-refractivity contribution in [1.82, 2.24) is 19.9 Å². The molecule has 0 fully saturated rings. The first kappa shape index (κ1) is 18.3. The number of aromatic nitrogens is 4. The topological polar surface area (TPSA) is 90.0 Å². The predicted octanol–water partition coefficient (Wildman–Crippen LogP) is 2.78. The van der Waals surface area contributed by atoms with Crippen molar-refractivity contribution in [2.24, 2.45) is 0 Å². The molecular formula is C18H22N4O3S. The molecule has 0 aromatic carbocycles. The number of fused-ring (bicyclic) bond motifs is 1. The highest BCUT2D eigenvalue weighted by molar-refractivity contribution is 7.85. The molecule has 0 spiro atoms. The van der Waals surface area contributed by atoms with Crippen molar-refractivity contribution in [3.63, 3.8) is 0 Å². The number of imidazole rings is 1. The Morgan fingerprint density at radius 2 is 2.12 bits per heavy atom. The molecule has 0 amide bonds. The van der Waals surface area contributed by atoms with Crippen molar-refractivity contribution in [3.05, 3.63) is 41.9 Å². The maximum Gasteiger partial charge on any atom is 0.296 e. The van der Waals surface area contributed by atoms with Gasteiger partial charge in [0, 0.05) is 34.8 Å². The normalized spacial score (nSPS) is 12.9. The largest absolute Gasteiger partial charge is 0.496 e. The molecule has 1 N–H and O–H groups in total. The van der Waals surface area contributed by atoms with Crippen LogP contribution < -0.4 is 9.47 Å². The highest BCUT2D eigenvalue weighted by Gasteiger charge is 2.28. The maximum absolute atomic E-state index is 12.8. The van der Waals surface area contributed by atoms with E-state index in [0.717, 1.165) is 22.5 Å². The van der Waals surface area contributed by atoms with Gasteiger partial charge in [0.15, 0.2) is 5.65 Å². The molecule has 0 saturated carbocycles. The van der Waals surface area contributed by atoms with E-state index in [1.807, 2.05) is 39.0 Å². The van der Waals surface area contributed by atoms with Crippen LogP contribution in [-0.2, 0) is 16.6 Å². The van der Waals surface area contributed by atoms with Crippen LogP contribution in [0.4, 0.5) is 0 Å². The zero-order valence-electron chi connectivity index (χ0n) is 15.3. The summed E-state index contributed by atoms with van der Waals surface area (Å²) in [6, 6.07) is 5.90. The van der Waals surface area contributed by atoms with Gasteiger partial charge in [0.05, 0.1) is 28.8 Å². The summed E-state index contributed by atoms with van der Waals surface area (Å²) in [4.78, 5) is 15.8. The van der Waals surface area contributed by atoms with Crippen LogP contribution in [0.5, 0.6) is 11.8 Å². The zero-order valence-corrected chi connectivity index (χ0v) is 16.1. The van der Waals surface area contributed by atoms with E-state index in [1.165, 1.54) is 0 Å². The van der Waals surface area contributed by atoms with Crippen molar-refractivity contribution in [2.75, 3.05) is 13.7 Å². The van der Waals surface area contributed by atoms with Crippen LogP contribution >= 0.6 is 0 Å². The molecule has 8 heteroatoms. The zero-order chi connectivity index (χ0) is 18.7. The Kier molecular flexibility index (Phi) is 5.22. The number of methoxy groups -OCH3 is 1. The summed E-state index contributed by atoms with van der Waals surface area (Å²) in [5.74, 6) is 1.07. The second kappa shape index (κ2) is 7.41. The molecule has 0 saturated heterocycles. The van der Waals surface area contributed by atoms with Crippen molar-refractivity contribution in [1.29, 1.82) is 0 Å². The van der Waals surface area contributed by atoms with Crippen LogP contribution in [0.2, 0.25) is 0 Å². The molecule has 0 aliphatic heterocycles. The lowest BCUT2D eigenvalue weighted by Crippen LogP contribution is -2.35. The predicted molar refractivity (Wildman–Crippen MR) is 101 cm³/mol. The van der Waals surface area contributed by atoms with Crippen LogP contribution in [0.25, 0.3) is 11.2 Å². The Labute approximate surface area is 154 Å². The van der Waals surface area contributed by atoms with Crippen molar-refractivity contribution >= 4 is 22.0 Å². The number of rotatable bonds is 7. The fourth-order valence-corrected chi connectivity index (χ4v) is 3.38. The number of H-pyrrole nitrogens is 1. The Bertz CT molecular complexity index is 906. The number of aryl methyl sites for hydroxylation is 1. The number of nitrogens with zero attached hydrogens (tertiary/aromatic N) is 3. The van der Waals surface area contributed by atoms with E-state index >= 15 is 0 Å². The first-order chi connectivity index (χ1) is 12.4. The molecular weight excluding hydrogens is 352 g/mol. The van der Waals surface area contributed by atoms with Crippen LogP contribution in [0.1, 0.15) is 25.1 Å². The monoisotopic (exact) mass is 374 g/mol. The number of pyridine rings is 2.